The van der Waals surface area contributed by atoms with Gasteiger partial charge in [0.25, 0.3) is 0 Å². The lowest BCUT2D eigenvalue weighted by molar-refractivity contribution is 0.0236. The minimum atomic E-state index is -0.456. The number of rotatable bonds is 5. The molecule has 0 bridgehead atoms. The predicted octanol–water partition coefficient (Wildman–Crippen LogP) is 3.03. The lowest BCUT2D eigenvalue weighted by Gasteiger charge is -2.28. The highest BCUT2D eigenvalue weighted by atomic mass is 16.6. The molecule has 0 heterocycles. The summed E-state index contributed by atoms with van der Waals surface area (Å²) in [5.74, 6) is 0. The Balaban J connectivity index is 2.35. The van der Waals surface area contributed by atoms with Crippen molar-refractivity contribution in [2.75, 3.05) is 13.6 Å². The van der Waals surface area contributed by atoms with E-state index in [0.29, 0.717) is 0 Å². The summed E-state index contributed by atoms with van der Waals surface area (Å²) in [4.78, 5) is 13.5. The molecule has 0 aromatic heterocycles. The molecule has 1 aromatic carbocycles. The quantitative estimate of drug-likeness (QED) is 0.900. The van der Waals surface area contributed by atoms with Crippen LogP contribution in [0.15, 0.2) is 30.3 Å². The van der Waals surface area contributed by atoms with Crippen molar-refractivity contribution in [1.82, 2.24) is 10.2 Å². The van der Waals surface area contributed by atoms with Crippen LogP contribution in [-0.4, -0.2) is 36.2 Å². The Morgan fingerprint density at radius 2 is 1.90 bits per heavy atom. The summed E-state index contributed by atoms with van der Waals surface area (Å²) in [5, 5.41) is 3.35. The minimum absolute atomic E-state index is 0.0774. The molecule has 0 aliphatic rings. The standard InChI is InChI=1S/C16H26N2O2/c1-13(18(5)15(19)20-16(2,3)4)11-17-12-14-9-7-6-8-10-14/h6-10,13,17H,11-12H2,1-5H3. The molecule has 1 N–H and O–H groups in total. The number of likely N-dealkylation sites (N-methyl/N-ethyl adjacent to an activating group) is 1. The normalized spacial score (nSPS) is 12.8. The first-order valence-corrected chi connectivity index (χ1v) is 7.00. The Labute approximate surface area is 122 Å². The molecule has 1 amide bonds. The second-order valence-corrected chi connectivity index (χ2v) is 6.06. The molecule has 0 saturated carbocycles. The number of carbonyl (C=O) groups is 1. The molecule has 0 spiro atoms. The molecule has 0 fully saturated rings. The van der Waals surface area contributed by atoms with Crippen LogP contribution in [0.1, 0.15) is 33.3 Å². The fourth-order valence-corrected chi connectivity index (χ4v) is 1.67. The molecule has 1 unspecified atom stereocenters. The molecule has 112 valence electrons. The van der Waals surface area contributed by atoms with Crippen LogP contribution < -0.4 is 5.32 Å². The Hall–Kier alpha value is -1.55. The number of nitrogens with one attached hydrogen (secondary N) is 1. The topological polar surface area (TPSA) is 41.6 Å². The average Bonchev–Trinajstić information content (AvgIpc) is 2.37. The van der Waals surface area contributed by atoms with Crippen LogP contribution in [0, 0.1) is 0 Å². The second kappa shape index (κ2) is 7.29. The van der Waals surface area contributed by atoms with Crippen LogP contribution in [0.4, 0.5) is 4.79 Å². The smallest absolute Gasteiger partial charge is 0.410 e. The van der Waals surface area contributed by atoms with Gasteiger partial charge >= 0.3 is 6.09 Å². The van der Waals surface area contributed by atoms with Crippen molar-refractivity contribution in [1.29, 1.82) is 0 Å². The van der Waals surface area contributed by atoms with Gasteiger partial charge in [0.1, 0.15) is 5.60 Å². The summed E-state index contributed by atoms with van der Waals surface area (Å²) in [6.07, 6.45) is -0.286. The van der Waals surface area contributed by atoms with E-state index < -0.39 is 5.60 Å². The Bertz CT molecular complexity index is 412. The van der Waals surface area contributed by atoms with Gasteiger partial charge in [0.2, 0.25) is 0 Å². The minimum Gasteiger partial charge on any atom is -0.444 e. The average molecular weight is 278 g/mol. The van der Waals surface area contributed by atoms with Gasteiger partial charge in [-0.1, -0.05) is 30.3 Å². The summed E-state index contributed by atoms with van der Waals surface area (Å²) in [5.41, 5.74) is 0.780. The molecule has 1 atom stereocenters. The highest BCUT2D eigenvalue weighted by Crippen LogP contribution is 2.10. The van der Waals surface area contributed by atoms with Gasteiger partial charge in [-0.15, -0.1) is 0 Å². The molecular weight excluding hydrogens is 252 g/mol. The van der Waals surface area contributed by atoms with Gasteiger partial charge in [0.15, 0.2) is 0 Å². The van der Waals surface area contributed by atoms with Crippen molar-refractivity contribution in [3.05, 3.63) is 35.9 Å². The molecule has 0 saturated heterocycles. The fourth-order valence-electron chi connectivity index (χ4n) is 1.67. The predicted molar refractivity (Wildman–Crippen MR) is 81.6 cm³/mol. The van der Waals surface area contributed by atoms with Crippen LogP contribution in [0.5, 0.6) is 0 Å². The van der Waals surface area contributed by atoms with E-state index in [4.69, 9.17) is 4.74 Å². The first-order valence-electron chi connectivity index (χ1n) is 7.00. The van der Waals surface area contributed by atoms with Gasteiger partial charge in [-0.05, 0) is 33.3 Å². The number of benzene rings is 1. The maximum Gasteiger partial charge on any atom is 0.410 e. The molecule has 4 heteroatoms. The highest BCUT2D eigenvalue weighted by molar-refractivity contribution is 5.68. The molecule has 4 nitrogen and oxygen atoms in total. The van der Waals surface area contributed by atoms with Crippen LogP contribution >= 0.6 is 0 Å². The zero-order valence-electron chi connectivity index (χ0n) is 13.1. The first-order chi connectivity index (χ1) is 9.29. The summed E-state index contributed by atoms with van der Waals surface area (Å²) in [6.45, 7) is 9.14. The molecule has 0 aliphatic heterocycles. The number of nitrogens with zero attached hydrogens (tertiary/aromatic N) is 1. The molecular formula is C16H26N2O2. The van der Waals surface area contributed by atoms with Gasteiger partial charge in [-0.3, -0.25) is 0 Å². The van der Waals surface area contributed by atoms with Gasteiger partial charge in [0.05, 0.1) is 0 Å². The fraction of sp³-hybridized carbons (Fsp3) is 0.562. The SMILES string of the molecule is CC(CNCc1ccccc1)N(C)C(=O)OC(C)(C)C. The molecule has 0 radical (unpaired) electrons. The van der Waals surface area contributed by atoms with Crippen LogP contribution in [0.2, 0.25) is 0 Å². The molecule has 0 aliphatic carbocycles. The van der Waals surface area contributed by atoms with E-state index in [-0.39, 0.29) is 12.1 Å². The van der Waals surface area contributed by atoms with Crippen molar-refractivity contribution in [2.24, 2.45) is 0 Å². The number of hydrogen-bond acceptors (Lipinski definition) is 3. The van der Waals surface area contributed by atoms with Crippen molar-refractivity contribution in [3.63, 3.8) is 0 Å². The van der Waals surface area contributed by atoms with Crippen molar-refractivity contribution in [2.45, 2.75) is 45.9 Å². The molecule has 20 heavy (non-hydrogen) atoms. The van der Waals surface area contributed by atoms with E-state index in [9.17, 15) is 4.79 Å². The Kier molecular flexibility index (Phi) is 6.02. The summed E-state index contributed by atoms with van der Waals surface area (Å²) in [7, 11) is 1.77. The number of amides is 1. The second-order valence-electron chi connectivity index (χ2n) is 6.06. The van der Waals surface area contributed by atoms with Gasteiger partial charge in [-0.2, -0.15) is 0 Å². The van der Waals surface area contributed by atoms with Crippen molar-refractivity contribution in [3.8, 4) is 0 Å². The van der Waals surface area contributed by atoms with E-state index >= 15 is 0 Å². The molecule has 1 rings (SSSR count). The largest absolute Gasteiger partial charge is 0.444 e. The number of ether oxygens (including phenoxy) is 1. The lowest BCUT2D eigenvalue weighted by Crippen LogP contribution is -2.43. The van der Waals surface area contributed by atoms with Gasteiger partial charge in [0, 0.05) is 26.2 Å². The maximum absolute atomic E-state index is 11.9. The zero-order chi connectivity index (χ0) is 15.2. The van der Waals surface area contributed by atoms with E-state index in [1.54, 1.807) is 11.9 Å². The van der Waals surface area contributed by atoms with Crippen LogP contribution in [0.25, 0.3) is 0 Å². The van der Waals surface area contributed by atoms with Crippen LogP contribution in [-0.2, 0) is 11.3 Å². The third-order valence-corrected chi connectivity index (χ3v) is 2.95. The third kappa shape index (κ3) is 6.06. The van der Waals surface area contributed by atoms with E-state index in [2.05, 4.69) is 17.4 Å². The summed E-state index contributed by atoms with van der Waals surface area (Å²) < 4.78 is 5.34. The number of carbonyl (C=O) groups excluding carboxylic acids is 1. The highest BCUT2D eigenvalue weighted by Gasteiger charge is 2.22. The monoisotopic (exact) mass is 278 g/mol. The first kappa shape index (κ1) is 16.5. The molecule has 1 aromatic rings. The Morgan fingerprint density at radius 3 is 2.45 bits per heavy atom. The van der Waals surface area contributed by atoms with E-state index in [1.807, 2.05) is 45.9 Å². The van der Waals surface area contributed by atoms with Crippen molar-refractivity contribution >= 4 is 6.09 Å². The van der Waals surface area contributed by atoms with E-state index in [0.717, 1.165) is 13.1 Å². The number of hydrogen-bond donors (Lipinski definition) is 1. The zero-order valence-corrected chi connectivity index (χ0v) is 13.1. The van der Waals surface area contributed by atoms with Gasteiger partial charge < -0.3 is 15.0 Å². The van der Waals surface area contributed by atoms with E-state index in [1.165, 1.54) is 5.56 Å². The summed E-state index contributed by atoms with van der Waals surface area (Å²) >= 11 is 0. The maximum atomic E-state index is 11.9. The van der Waals surface area contributed by atoms with Gasteiger partial charge in [-0.25, -0.2) is 4.79 Å². The summed E-state index contributed by atoms with van der Waals surface area (Å²) in [6, 6.07) is 10.3. The lowest BCUT2D eigenvalue weighted by atomic mass is 10.2. The Morgan fingerprint density at radius 1 is 1.30 bits per heavy atom. The van der Waals surface area contributed by atoms with Crippen molar-refractivity contribution < 1.29 is 9.53 Å². The third-order valence-electron chi connectivity index (χ3n) is 2.95. The van der Waals surface area contributed by atoms with Crippen LogP contribution in [0.3, 0.4) is 0 Å².